The summed E-state index contributed by atoms with van der Waals surface area (Å²) in [7, 11) is -1.65. The molecule has 0 aliphatic heterocycles. The van der Waals surface area contributed by atoms with Crippen molar-refractivity contribution in [2.45, 2.75) is 31.6 Å². The molecule has 1 aromatic rings. The molecule has 1 aliphatic carbocycles. The summed E-state index contributed by atoms with van der Waals surface area (Å²) >= 11 is 4.92. The van der Waals surface area contributed by atoms with E-state index in [0.29, 0.717) is 17.0 Å². The number of hydrogen-bond acceptors (Lipinski definition) is 3. The van der Waals surface area contributed by atoms with E-state index in [0.717, 1.165) is 12.8 Å². The minimum Gasteiger partial charge on any atom is -0.389 e. The molecule has 110 valence electrons. The number of hydrogen-bond donors (Lipinski definition) is 1. The van der Waals surface area contributed by atoms with Gasteiger partial charge in [-0.2, -0.15) is 0 Å². The molecular formula is C14H20N2O2S2. The molecule has 2 rings (SSSR count). The Kier molecular flexibility index (Phi) is 4.46. The van der Waals surface area contributed by atoms with Crippen LogP contribution in [0.2, 0.25) is 0 Å². The zero-order valence-corrected chi connectivity index (χ0v) is 13.4. The Balaban J connectivity index is 2.15. The first kappa shape index (κ1) is 15.4. The van der Waals surface area contributed by atoms with E-state index in [-0.39, 0.29) is 16.8 Å². The number of rotatable bonds is 6. The van der Waals surface area contributed by atoms with Crippen LogP contribution >= 0.6 is 12.2 Å². The van der Waals surface area contributed by atoms with Crippen LogP contribution in [0.3, 0.4) is 0 Å². The highest BCUT2D eigenvalue weighted by Gasteiger charge is 2.35. The highest BCUT2D eigenvalue weighted by Crippen LogP contribution is 2.35. The Morgan fingerprint density at radius 1 is 1.50 bits per heavy atom. The Labute approximate surface area is 126 Å². The SMILES string of the molecule is CC(C1CC1)N(C)S(=O)(=O)Cc1cccc(C(N)=S)c1. The van der Waals surface area contributed by atoms with Gasteiger partial charge in [-0.1, -0.05) is 30.4 Å². The molecule has 0 amide bonds. The number of nitrogens with two attached hydrogens (primary N) is 1. The fourth-order valence-corrected chi connectivity index (χ4v) is 3.87. The maximum Gasteiger partial charge on any atom is 0.218 e. The predicted molar refractivity (Wildman–Crippen MR) is 84.9 cm³/mol. The van der Waals surface area contributed by atoms with E-state index in [4.69, 9.17) is 18.0 Å². The van der Waals surface area contributed by atoms with Gasteiger partial charge in [0.15, 0.2) is 0 Å². The lowest BCUT2D eigenvalue weighted by atomic mass is 10.1. The molecule has 0 heterocycles. The molecule has 1 unspecified atom stereocenters. The normalized spacial score (nSPS) is 17.1. The minimum absolute atomic E-state index is 0.0169. The van der Waals surface area contributed by atoms with Gasteiger partial charge in [-0.15, -0.1) is 0 Å². The minimum atomic E-state index is -3.31. The molecular weight excluding hydrogens is 292 g/mol. The lowest BCUT2D eigenvalue weighted by Gasteiger charge is -2.24. The Bertz CT molecular complexity index is 609. The lowest BCUT2D eigenvalue weighted by Crippen LogP contribution is -2.37. The topological polar surface area (TPSA) is 63.4 Å². The molecule has 0 saturated heterocycles. The molecule has 1 aliphatic rings. The van der Waals surface area contributed by atoms with Crippen LogP contribution in [0.25, 0.3) is 0 Å². The summed E-state index contributed by atoms with van der Waals surface area (Å²) < 4.78 is 26.3. The Morgan fingerprint density at radius 3 is 2.70 bits per heavy atom. The van der Waals surface area contributed by atoms with Gasteiger partial charge in [0, 0.05) is 18.7 Å². The maximum atomic E-state index is 12.4. The molecule has 1 atom stereocenters. The molecule has 0 aromatic heterocycles. The van der Waals surface area contributed by atoms with Crippen LogP contribution in [-0.4, -0.2) is 30.8 Å². The van der Waals surface area contributed by atoms with Crippen LogP contribution in [0.4, 0.5) is 0 Å². The average Bonchev–Trinajstić information content (AvgIpc) is 3.21. The average molecular weight is 312 g/mol. The van der Waals surface area contributed by atoms with Crippen LogP contribution in [-0.2, 0) is 15.8 Å². The molecule has 1 fully saturated rings. The van der Waals surface area contributed by atoms with Gasteiger partial charge >= 0.3 is 0 Å². The van der Waals surface area contributed by atoms with Crippen LogP contribution in [0.15, 0.2) is 24.3 Å². The molecule has 2 N–H and O–H groups in total. The third-order valence-corrected chi connectivity index (χ3v) is 6.02. The van der Waals surface area contributed by atoms with Crippen molar-refractivity contribution >= 4 is 27.2 Å². The Hall–Kier alpha value is -0.980. The van der Waals surface area contributed by atoms with Crippen molar-refractivity contribution in [3.05, 3.63) is 35.4 Å². The van der Waals surface area contributed by atoms with E-state index in [1.807, 2.05) is 6.92 Å². The summed E-state index contributed by atoms with van der Waals surface area (Å²) in [6.07, 6.45) is 2.25. The van der Waals surface area contributed by atoms with Crippen molar-refractivity contribution < 1.29 is 8.42 Å². The van der Waals surface area contributed by atoms with Gasteiger partial charge in [0.2, 0.25) is 10.0 Å². The van der Waals surface area contributed by atoms with E-state index >= 15 is 0 Å². The van der Waals surface area contributed by atoms with Crippen LogP contribution in [0.1, 0.15) is 30.9 Å². The zero-order chi connectivity index (χ0) is 14.9. The van der Waals surface area contributed by atoms with E-state index in [2.05, 4.69) is 0 Å². The van der Waals surface area contributed by atoms with Gasteiger partial charge in [0.25, 0.3) is 0 Å². The summed E-state index contributed by atoms with van der Waals surface area (Å²) in [5.74, 6) is 0.495. The maximum absolute atomic E-state index is 12.4. The third-order valence-electron chi connectivity index (χ3n) is 3.88. The quantitative estimate of drug-likeness (QED) is 0.815. The van der Waals surface area contributed by atoms with Gasteiger partial charge in [-0.25, -0.2) is 12.7 Å². The number of sulfonamides is 1. The van der Waals surface area contributed by atoms with Crippen molar-refractivity contribution in [2.75, 3.05) is 7.05 Å². The number of nitrogens with zero attached hydrogens (tertiary/aromatic N) is 1. The summed E-state index contributed by atoms with van der Waals surface area (Å²) in [4.78, 5) is 0.281. The van der Waals surface area contributed by atoms with E-state index in [1.54, 1.807) is 31.3 Å². The Morgan fingerprint density at radius 2 is 2.15 bits per heavy atom. The zero-order valence-electron chi connectivity index (χ0n) is 11.7. The summed E-state index contributed by atoms with van der Waals surface area (Å²) in [6, 6.07) is 7.17. The van der Waals surface area contributed by atoms with Gasteiger partial charge < -0.3 is 5.73 Å². The summed E-state index contributed by atoms with van der Waals surface area (Å²) in [5.41, 5.74) is 6.99. The first-order valence-electron chi connectivity index (χ1n) is 6.65. The van der Waals surface area contributed by atoms with Gasteiger partial charge in [0.1, 0.15) is 4.99 Å². The summed E-state index contributed by atoms with van der Waals surface area (Å²) in [5, 5.41) is 0. The monoisotopic (exact) mass is 312 g/mol. The highest BCUT2D eigenvalue weighted by molar-refractivity contribution is 7.88. The van der Waals surface area contributed by atoms with E-state index in [9.17, 15) is 8.42 Å². The van der Waals surface area contributed by atoms with Gasteiger partial charge in [-0.3, -0.25) is 0 Å². The van der Waals surface area contributed by atoms with E-state index in [1.165, 1.54) is 4.31 Å². The van der Waals surface area contributed by atoms with E-state index < -0.39 is 10.0 Å². The number of benzene rings is 1. The second-order valence-electron chi connectivity index (χ2n) is 5.42. The van der Waals surface area contributed by atoms with Crippen LogP contribution in [0.5, 0.6) is 0 Å². The molecule has 6 heteroatoms. The molecule has 1 aromatic carbocycles. The van der Waals surface area contributed by atoms with Crippen molar-refractivity contribution in [2.24, 2.45) is 11.7 Å². The second-order valence-corrected chi connectivity index (χ2v) is 7.88. The third kappa shape index (κ3) is 3.56. The van der Waals surface area contributed by atoms with Crippen LogP contribution < -0.4 is 5.73 Å². The molecule has 0 radical (unpaired) electrons. The molecule has 0 bridgehead atoms. The van der Waals surface area contributed by atoms with Crippen LogP contribution in [0, 0.1) is 5.92 Å². The number of thiocarbonyl (C=S) groups is 1. The highest BCUT2D eigenvalue weighted by atomic mass is 32.2. The predicted octanol–water partition coefficient (Wildman–Crippen LogP) is 1.88. The van der Waals surface area contributed by atoms with Gasteiger partial charge in [-0.05, 0) is 37.3 Å². The second kappa shape index (κ2) is 5.79. The van der Waals surface area contributed by atoms with Crippen molar-refractivity contribution in [3.8, 4) is 0 Å². The lowest BCUT2D eigenvalue weighted by molar-refractivity contribution is 0.356. The van der Waals surface area contributed by atoms with Crippen molar-refractivity contribution in [3.63, 3.8) is 0 Å². The first-order valence-corrected chi connectivity index (χ1v) is 8.67. The van der Waals surface area contributed by atoms with Gasteiger partial charge in [0.05, 0.1) is 5.75 Å². The first-order chi connectivity index (χ1) is 9.31. The standard InChI is InChI=1S/C14H20N2O2S2/c1-10(12-6-7-12)16(2)20(17,18)9-11-4-3-5-13(8-11)14(15)19/h3-5,8,10,12H,6-7,9H2,1-2H3,(H2,15,19). The fourth-order valence-electron chi connectivity index (χ4n) is 2.26. The van der Waals surface area contributed by atoms with Crippen molar-refractivity contribution in [1.29, 1.82) is 0 Å². The largest absolute Gasteiger partial charge is 0.389 e. The molecule has 1 saturated carbocycles. The molecule has 20 heavy (non-hydrogen) atoms. The van der Waals surface area contributed by atoms with Crippen molar-refractivity contribution in [1.82, 2.24) is 4.31 Å². The smallest absolute Gasteiger partial charge is 0.218 e. The fraction of sp³-hybridized carbons (Fsp3) is 0.500. The molecule has 4 nitrogen and oxygen atoms in total. The molecule has 0 spiro atoms. The summed E-state index contributed by atoms with van der Waals surface area (Å²) in [6.45, 7) is 1.97.